The maximum Gasteiger partial charge on any atom is 0.238 e. The number of anilines is 1. The fourth-order valence-corrected chi connectivity index (χ4v) is 3.71. The molecule has 2 fully saturated rings. The number of hydrogen-bond donors (Lipinski definition) is 1. The molecule has 2 aliphatic rings. The Morgan fingerprint density at radius 2 is 1.91 bits per heavy atom. The Labute approximate surface area is 141 Å². The van der Waals surface area contributed by atoms with Crippen LogP contribution < -0.4 is 5.32 Å². The summed E-state index contributed by atoms with van der Waals surface area (Å²) in [5.41, 5.74) is 0.148. The Balaban J connectivity index is 1.46. The lowest BCUT2D eigenvalue weighted by molar-refractivity contribution is -0.117. The van der Waals surface area contributed by atoms with Crippen molar-refractivity contribution < 1.29 is 9.18 Å². The lowest BCUT2D eigenvalue weighted by atomic mass is 10.0. The first-order valence-corrected chi connectivity index (χ1v) is 8.71. The van der Waals surface area contributed by atoms with Gasteiger partial charge in [0.1, 0.15) is 5.82 Å². The van der Waals surface area contributed by atoms with E-state index in [1.165, 1.54) is 44.1 Å². The van der Waals surface area contributed by atoms with Gasteiger partial charge < -0.3 is 10.2 Å². The smallest absolute Gasteiger partial charge is 0.238 e. The van der Waals surface area contributed by atoms with E-state index in [4.69, 9.17) is 11.6 Å². The van der Waals surface area contributed by atoms with E-state index in [0.717, 1.165) is 25.9 Å². The molecule has 0 radical (unpaired) electrons. The van der Waals surface area contributed by atoms with Crippen molar-refractivity contribution in [3.8, 4) is 0 Å². The van der Waals surface area contributed by atoms with Crippen LogP contribution in [0.1, 0.15) is 25.7 Å². The quantitative estimate of drug-likeness (QED) is 0.916. The molecule has 2 aliphatic heterocycles. The molecule has 1 amide bonds. The van der Waals surface area contributed by atoms with Crippen LogP contribution in [0.2, 0.25) is 5.02 Å². The number of benzene rings is 1. The zero-order valence-corrected chi connectivity index (χ0v) is 14.0. The number of nitrogens with zero attached hydrogens (tertiary/aromatic N) is 2. The zero-order valence-electron chi connectivity index (χ0n) is 13.2. The zero-order chi connectivity index (χ0) is 16.2. The van der Waals surface area contributed by atoms with Gasteiger partial charge in [-0.3, -0.25) is 9.69 Å². The monoisotopic (exact) mass is 339 g/mol. The van der Waals surface area contributed by atoms with Crippen molar-refractivity contribution in [2.75, 3.05) is 38.0 Å². The highest BCUT2D eigenvalue weighted by Crippen LogP contribution is 2.22. The van der Waals surface area contributed by atoms with Crippen molar-refractivity contribution in [3.63, 3.8) is 0 Å². The van der Waals surface area contributed by atoms with Gasteiger partial charge in [-0.25, -0.2) is 4.39 Å². The molecule has 1 aromatic rings. The lowest BCUT2D eigenvalue weighted by Gasteiger charge is -2.36. The van der Waals surface area contributed by atoms with Gasteiger partial charge in [0.05, 0.1) is 12.2 Å². The Kier molecular flexibility index (Phi) is 5.51. The van der Waals surface area contributed by atoms with Gasteiger partial charge in [-0.2, -0.15) is 0 Å². The SMILES string of the molecule is O=C(CN1CCC(N2CCCC2)CC1)Nc1cc(Cl)ccc1F. The molecule has 23 heavy (non-hydrogen) atoms. The number of likely N-dealkylation sites (tertiary alicyclic amines) is 2. The largest absolute Gasteiger partial charge is 0.322 e. The molecule has 2 saturated heterocycles. The summed E-state index contributed by atoms with van der Waals surface area (Å²) < 4.78 is 13.6. The standard InChI is InChI=1S/C17H23ClFN3O/c18-13-3-4-15(19)16(11-13)20-17(23)12-21-9-5-14(6-10-21)22-7-1-2-8-22/h3-4,11,14H,1-2,5-10,12H2,(H,20,23). The van der Waals surface area contributed by atoms with Crippen LogP contribution in [0.25, 0.3) is 0 Å². The maximum atomic E-state index is 13.6. The molecule has 0 saturated carbocycles. The summed E-state index contributed by atoms with van der Waals surface area (Å²) in [6.45, 7) is 4.59. The predicted molar refractivity (Wildman–Crippen MR) is 90.3 cm³/mol. The van der Waals surface area contributed by atoms with Crippen molar-refractivity contribution in [2.24, 2.45) is 0 Å². The molecule has 1 N–H and O–H groups in total. The fraction of sp³-hybridized carbons (Fsp3) is 0.588. The van der Waals surface area contributed by atoms with Gasteiger partial charge in [0, 0.05) is 24.2 Å². The van der Waals surface area contributed by atoms with Gasteiger partial charge in [-0.05, 0) is 57.0 Å². The van der Waals surface area contributed by atoms with Crippen LogP contribution in [-0.4, -0.2) is 54.5 Å². The fourth-order valence-electron chi connectivity index (χ4n) is 3.54. The number of carbonyl (C=O) groups excluding carboxylic acids is 1. The molecular formula is C17H23ClFN3O. The van der Waals surface area contributed by atoms with Gasteiger partial charge in [0.2, 0.25) is 5.91 Å². The molecular weight excluding hydrogens is 317 g/mol. The molecule has 6 heteroatoms. The van der Waals surface area contributed by atoms with E-state index in [9.17, 15) is 9.18 Å². The second kappa shape index (κ2) is 7.60. The van der Waals surface area contributed by atoms with Crippen molar-refractivity contribution in [2.45, 2.75) is 31.7 Å². The summed E-state index contributed by atoms with van der Waals surface area (Å²) in [6, 6.07) is 4.84. The third-order valence-corrected chi connectivity index (χ3v) is 5.02. The number of piperidine rings is 1. The van der Waals surface area contributed by atoms with Crippen molar-refractivity contribution in [3.05, 3.63) is 29.0 Å². The van der Waals surface area contributed by atoms with E-state index < -0.39 is 5.82 Å². The third kappa shape index (κ3) is 4.43. The summed E-state index contributed by atoms with van der Waals surface area (Å²) >= 11 is 5.84. The number of rotatable bonds is 4. The van der Waals surface area contributed by atoms with E-state index in [1.807, 2.05) is 0 Å². The van der Waals surface area contributed by atoms with Gasteiger partial charge in [-0.15, -0.1) is 0 Å². The molecule has 0 bridgehead atoms. The van der Waals surface area contributed by atoms with Gasteiger partial charge >= 0.3 is 0 Å². The highest BCUT2D eigenvalue weighted by molar-refractivity contribution is 6.30. The summed E-state index contributed by atoms with van der Waals surface area (Å²) in [5.74, 6) is -0.652. The molecule has 0 spiro atoms. The van der Waals surface area contributed by atoms with Crippen LogP contribution in [0.3, 0.4) is 0 Å². The van der Waals surface area contributed by atoms with Gasteiger partial charge in [0.25, 0.3) is 0 Å². The highest BCUT2D eigenvalue weighted by Gasteiger charge is 2.27. The Morgan fingerprint density at radius 3 is 2.61 bits per heavy atom. The Bertz CT molecular complexity index is 555. The molecule has 2 heterocycles. The van der Waals surface area contributed by atoms with Gasteiger partial charge in [0.15, 0.2) is 0 Å². The predicted octanol–water partition coefficient (Wildman–Crippen LogP) is 2.98. The maximum absolute atomic E-state index is 13.6. The summed E-state index contributed by atoms with van der Waals surface area (Å²) in [6.07, 6.45) is 4.85. The second-order valence-electron chi connectivity index (χ2n) is 6.42. The highest BCUT2D eigenvalue weighted by atomic mass is 35.5. The van der Waals surface area contributed by atoms with E-state index >= 15 is 0 Å². The Hall–Kier alpha value is -1.17. The molecule has 1 aromatic carbocycles. The van der Waals surface area contributed by atoms with E-state index in [-0.39, 0.29) is 11.6 Å². The van der Waals surface area contributed by atoms with E-state index in [1.54, 1.807) is 0 Å². The van der Waals surface area contributed by atoms with Crippen molar-refractivity contribution in [1.82, 2.24) is 9.80 Å². The van der Waals surface area contributed by atoms with E-state index in [0.29, 0.717) is 17.6 Å². The third-order valence-electron chi connectivity index (χ3n) is 4.78. The molecule has 4 nitrogen and oxygen atoms in total. The number of hydrogen-bond acceptors (Lipinski definition) is 3. The molecule has 0 aliphatic carbocycles. The van der Waals surface area contributed by atoms with Crippen molar-refractivity contribution >= 4 is 23.2 Å². The van der Waals surface area contributed by atoms with Crippen LogP contribution in [0.15, 0.2) is 18.2 Å². The molecule has 0 aromatic heterocycles. The molecule has 0 unspecified atom stereocenters. The number of carbonyl (C=O) groups is 1. The van der Waals surface area contributed by atoms with Crippen LogP contribution in [0.5, 0.6) is 0 Å². The Morgan fingerprint density at radius 1 is 1.22 bits per heavy atom. The first kappa shape index (κ1) is 16.7. The minimum Gasteiger partial charge on any atom is -0.322 e. The number of amides is 1. The minimum atomic E-state index is -0.463. The van der Waals surface area contributed by atoms with Crippen LogP contribution in [0, 0.1) is 5.82 Å². The average molecular weight is 340 g/mol. The normalized spacial score (nSPS) is 20.8. The summed E-state index contributed by atoms with van der Waals surface area (Å²) in [4.78, 5) is 16.8. The lowest BCUT2D eigenvalue weighted by Crippen LogP contribution is -2.45. The minimum absolute atomic E-state index is 0.148. The van der Waals surface area contributed by atoms with Crippen LogP contribution >= 0.6 is 11.6 Å². The average Bonchev–Trinajstić information content (AvgIpc) is 3.06. The van der Waals surface area contributed by atoms with Gasteiger partial charge in [-0.1, -0.05) is 11.6 Å². The summed E-state index contributed by atoms with van der Waals surface area (Å²) in [5, 5.41) is 3.02. The molecule has 126 valence electrons. The van der Waals surface area contributed by atoms with Crippen molar-refractivity contribution in [1.29, 1.82) is 0 Å². The first-order valence-electron chi connectivity index (χ1n) is 8.33. The number of halogens is 2. The summed E-state index contributed by atoms with van der Waals surface area (Å²) in [7, 11) is 0. The topological polar surface area (TPSA) is 35.6 Å². The molecule has 0 atom stereocenters. The van der Waals surface area contributed by atoms with E-state index in [2.05, 4.69) is 15.1 Å². The first-order chi connectivity index (χ1) is 11.1. The van der Waals surface area contributed by atoms with Crippen LogP contribution in [0.4, 0.5) is 10.1 Å². The molecule has 3 rings (SSSR count). The number of nitrogens with one attached hydrogen (secondary N) is 1. The second-order valence-corrected chi connectivity index (χ2v) is 6.86. The van der Waals surface area contributed by atoms with Crippen LogP contribution in [-0.2, 0) is 4.79 Å².